The molecule has 0 unspecified atom stereocenters. The average molecular weight is 274 g/mol. The second kappa shape index (κ2) is 7.68. The molecule has 20 heavy (non-hydrogen) atoms. The van der Waals surface area contributed by atoms with Gasteiger partial charge < -0.3 is 10.6 Å². The largest absolute Gasteiger partial charge is 0.399 e. The molecule has 0 atom stereocenters. The minimum absolute atomic E-state index is 0.797. The molecule has 0 aromatic heterocycles. The van der Waals surface area contributed by atoms with E-state index in [4.69, 9.17) is 5.73 Å². The summed E-state index contributed by atoms with van der Waals surface area (Å²) >= 11 is 0. The summed E-state index contributed by atoms with van der Waals surface area (Å²) in [6, 6.07) is 9.19. The van der Waals surface area contributed by atoms with Crippen molar-refractivity contribution >= 4 is 5.69 Å². The molecule has 1 aliphatic carbocycles. The third-order valence-electron chi connectivity index (χ3n) is 4.47. The Bertz CT molecular complexity index is 394. The van der Waals surface area contributed by atoms with Crippen LogP contribution in [0.15, 0.2) is 24.3 Å². The maximum atomic E-state index is 5.87. The van der Waals surface area contributed by atoms with Crippen LogP contribution in [0.3, 0.4) is 0 Å². The summed E-state index contributed by atoms with van der Waals surface area (Å²) < 4.78 is 0. The van der Waals surface area contributed by atoms with Gasteiger partial charge in [0.2, 0.25) is 0 Å². The van der Waals surface area contributed by atoms with Gasteiger partial charge in [0.15, 0.2) is 0 Å². The number of benzene rings is 1. The van der Waals surface area contributed by atoms with Gasteiger partial charge in [0, 0.05) is 18.3 Å². The summed E-state index contributed by atoms with van der Waals surface area (Å²) in [6.07, 6.45) is 8.07. The molecule has 0 radical (unpaired) electrons. The van der Waals surface area contributed by atoms with Gasteiger partial charge in [-0.3, -0.25) is 0 Å². The molecule has 0 spiro atoms. The van der Waals surface area contributed by atoms with E-state index in [2.05, 4.69) is 36.9 Å². The molecule has 2 heteroatoms. The third-order valence-corrected chi connectivity index (χ3v) is 4.47. The highest BCUT2D eigenvalue weighted by Gasteiger charge is 2.22. The minimum atomic E-state index is 0.797. The summed E-state index contributed by atoms with van der Waals surface area (Å²) in [5.41, 5.74) is 8.13. The van der Waals surface area contributed by atoms with Crippen molar-refractivity contribution in [1.82, 2.24) is 4.90 Å². The van der Waals surface area contributed by atoms with E-state index in [0.717, 1.165) is 24.1 Å². The Balaban J connectivity index is 1.89. The first-order valence-electron chi connectivity index (χ1n) is 8.23. The minimum Gasteiger partial charge on any atom is -0.399 e. The fourth-order valence-corrected chi connectivity index (χ4v) is 3.19. The lowest BCUT2D eigenvalue weighted by Crippen LogP contribution is -2.36. The Labute approximate surface area is 124 Å². The van der Waals surface area contributed by atoms with Crippen molar-refractivity contribution in [2.24, 2.45) is 5.92 Å². The van der Waals surface area contributed by atoms with E-state index < -0.39 is 0 Å². The van der Waals surface area contributed by atoms with Crippen molar-refractivity contribution in [3.63, 3.8) is 0 Å². The van der Waals surface area contributed by atoms with Crippen LogP contribution in [0.25, 0.3) is 0 Å². The number of hydrogen-bond donors (Lipinski definition) is 1. The Morgan fingerprint density at radius 1 is 1.20 bits per heavy atom. The maximum absolute atomic E-state index is 5.87. The molecule has 1 aliphatic rings. The molecular weight excluding hydrogens is 244 g/mol. The highest BCUT2D eigenvalue weighted by atomic mass is 15.2. The first-order chi connectivity index (χ1) is 9.65. The number of nitrogen functional groups attached to an aromatic ring is 1. The predicted octanol–water partition coefficient (Wildman–Crippen LogP) is 4.10. The topological polar surface area (TPSA) is 29.3 Å². The van der Waals surface area contributed by atoms with E-state index in [1.165, 1.54) is 50.8 Å². The van der Waals surface area contributed by atoms with E-state index in [-0.39, 0.29) is 0 Å². The van der Waals surface area contributed by atoms with E-state index in [1.807, 2.05) is 6.07 Å². The molecule has 112 valence electrons. The predicted molar refractivity (Wildman–Crippen MR) is 87.8 cm³/mol. The first kappa shape index (κ1) is 15.4. The van der Waals surface area contributed by atoms with Gasteiger partial charge in [0.1, 0.15) is 0 Å². The van der Waals surface area contributed by atoms with E-state index in [9.17, 15) is 0 Å². The average Bonchev–Trinajstić information content (AvgIpc) is 2.92. The number of anilines is 1. The Hall–Kier alpha value is -1.02. The zero-order valence-corrected chi connectivity index (χ0v) is 13.1. The van der Waals surface area contributed by atoms with Crippen LogP contribution in [0.5, 0.6) is 0 Å². The monoisotopic (exact) mass is 274 g/mol. The summed E-state index contributed by atoms with van der Waals surface area (Å²) in [5.74, 6) is 0.797. The second-order valence-corrected chi connectivity index (χ2v) is 6.65. The van der Waals surface area contributed by atoms with Gasteiger partial charge in [-0.15, -0.1) is 0 Å². The van der Waals surface area contributed by atoms with Gasteiger partial charge in [-0.05, 0) is 55.8 Å². The zero-order chi connectivity index (χ0) is 14.4. The Morgan fingerprint density at radius 2 is 1.95 bits per heavy atom. The molecular formula is C18H30N2. The lowest BCUT2D eigenvalue weighted by molar-refractivity contribution is 0.190. The van der Waals surface area contributed by atoms with Crippen molar-refractivity contribution in [2.45, 2.75) is 58.4 Å². The fourth-order valence-electron chi connectivity index (χ4n) is 3.19. The number of hydrogen-bond acceptors (Lipinski definition) is 2. The number of nitrogens with two attached hydrogens (primary N) is 1. The SMILES string of the molecule is CC(C)CCN(CCc1cccc(N)c1)C1CCCC1. The lowest BCUT2D eigenvalue weighted by Gasteiger charge is -2.29. The van der Waals surface area contributed by atoms with Gasteiger partial charge in [-0.25, -0.2) is 0 Å². The van der Waals surface area contributed by atoms with Crippen molar-refractivity contribution in [1.29, 1.82) is 0 Å². The molecule has 0 bridgehead atoms. The first-order valence-corrected chi connectivity index (χ1v) is 8.23. The van der Waals surface area contributed by atoms with Crippen molar-refractivity contribution in [3.05, 3.63) is 29.8 Å². The van der Waals surface area contributed by atoms with Gasteiger partial charge in [0.05, 0.1) is 0 Å². The molecule has 1 aromatic carbocycles. The summed E-state index contributed by atoms with van der Waals surface area (Å²) in [7, 11) is 0. The molecule has 2 rings (SSSR count). The van der Waals surface area contributed by atoms with Crippen LogP contribution in [-0.4, -0.2) is 24.0 Å². The van der Waals surface area contributed by atoms with Gasteiger partial charge in [-0.1, -0.05) is 38.8 Å². The zero-order valence-electron chi connectivity index (χ0n) is 13.1. The van der Waals surface area contributed by atoms with Gasteiger partial charge >= 0.3 is 0 Å². The highest BCUT2D eigenvalue weighted by Crippen LogP contribution is 2.24. The van der Waals surface area contributed by atoms with E-state index in [1.54, 1.807) is 0 Å². The van der Waals surface area contributed by atoms with Crippen LogP contribution in [0.2, 0.25) is 0 Å². The van der Waals surface area contributed by atoms with E-state index >= 15 is 0 Å². The molecule has 1 saturated carbocycles. The van der Waals surface area contributed by atoms with Crippen LogP contribution in [0.4, 0.5) is 5.69 Å². The molecule has 0 amide bonds. The molecule has 1 aromatic rings. The molecule has 2 N–H and O–H groups in total. The standard InChI is InChI=1S/C18H30N2/c1-15(2)10-12-20(18-8-3-4-9-18)13-11-16-6-5-7-17(19)14-16/h5-7,14-15,18H,3-4,8-13,19H2,1-2H3. The van der Waals surface area contributed by atoms with Crippen LogP contribution in [-0.2, 0) is 6.42 Å². The smallest absolute Gasteiger partial charge is 0.0316 e. The maximum Gasteiger partial charge on any atom is 0.0316 e. The van der Waals surface area contributed by atoms with Gasteiger partial charge in [0.25, 0.3) is 0 Å². The van der Waals surface area contributed by atoms with Crippen LogP contribution in [0, 0.1) is 5.92 Å². The van der Waals surface area contributed by atoms with Crippen LogP contribution < -0.4 is 5.73 Å². The van der Waals surface area contributed by atoms with Crippen LogP contribution in [0.1, 0.15) is 51.5 Å². The lowest BCUT2D eigenvalue weighted by atomic mass is 10.1. The second-order valence-electron chi connectivity index (χ2n) is 6.65. The number of rotatable bonds is 7. The molecule has 0 aliphatic heterocycles. The van der Waals surface area contributed by atoms with E-state index in [0.29, 0.717) is 0 Å². The molecule has 0 heterocycles. The fraction of sp³-hybridized carbons (Fsp3) is 0.667. The summed E-state index contributed by atoms with van der Waals surface area (Å²) in [5, 5.41) is 0. The Morgan fingerprint density at radius 3 is 2.60 bits per heavy atom. The molecule has 2 nitrogen and oxygen atoms in total. The Kier molecular flexibility index (Phi) is 5.90. The normalized spacial score (nSPS) is 16.4. The third kappa shape index (κ3) is 4.82. The molecule has 0 saturated heterocycles. The van der Waals surface area contributed by atoms with Crippen LogP contribution >= 0.6 is 0 Å². The highest BCUT2D eigenvalue weighted by molar-refractivity contribution is 5.40. The van der Waals surface area contributed by atoms with Crippen molar-refractivity contribution in [3.8, 4) is 0 Å². The number of nitrogens with zero attached hydrogens (tertiary/aromatic N) is 1. The summed E-state index contributed by atoms with van der Waals surface area (Å²) in [4.78, 5) is 2.73. The summed E-state index contributed by atoms with van der Waals surface area (Å²) in [6.45, 7) is 7.08. The van der Waals surface area contributed by atoms with Crippen molar-refractivity contribution in [2.75, 3.05) is 18.8 Å². The quantitative estimate of drug-likeness (QED) is 0.758. The van der Waals surface area contributed by atoms with Gasteiger partial charge in [-0.2, -0.15) is 0 Å². The van der Waals surface area contributed by atoms with Crippen molar-refractivity contribution < 1.29 is 0 Å². The molecule has 1 fully saturated rings.